The molecule has 0 aromatic heterocycles. The molecular formula is C19H26N2O3. The Balaban J connectivity index is 1.87. The number of aliphatic hydroxyl groups excluding tert-OH is 1. The summed E-state index contributed by atoms with van der Waals surface area (Å²) in [5.41, 5.74) is 1.70. The Morgan fingerprint density at radius 3 is 2.62 bits per heavy atom. The van der Waals surface area contributed by atoms with Crippen LogP contribution in [0.4, 0.5) is 5.69 Å². The van der Waals surface area contributed by atoms with E-state index in [1.807, 2.05) is 38.1 Å². The summed E-state index contributed by atoms with van der Waals surface area (Å²) in [6, 6.07) is 7.62. The monoisotopic (exact) mass is 330 g/mol. The second kappa shape index (κ2) is 8.11. The molecule has 1 fully saturated rings. The molecule has 1 aromatic rings. The number of nitrogens with zero attached hydrogens (tertiary/aromatic N) is 1. The van der Waals surface area contributed by atoms with E-state index in [1.54, 1.807) is 11.0 Å². The molecule has 130 valence electrons. The molecule has 0 saturated carbocycles. The number of rotatable bonds is 7. The molecule has 2 N–H and O–H groups in total. The number of carbonyl (C=O) groups is 2. The molecule has 0 radical (unpaired) electrons. The summed E-state index contributed by atoms with van der Waals surface area (Å²) in [7, 11) is 0. The number of anilines is 1. The summed E-state index contributed by atoms with van der Waals surface area (Å²) >= 11 is 0. The minimum atomic E-state index is -0.153. The summed E-state index contributed by atoms with van der Waals surface area (Å²) in [6.07, 6.45) is 5.43. The summed E-state index contributed by atoms with van der Waals surface area (Å²) in [5, 5.41) is 11.8. The number of nitrogens with one attached hydrogen (secondary N) is 1. The van der Waals surface area contributed by atoms with E-state index < -0.39 is 0 Å². The van der Waals surface area contributed by atoms with Crippen LogP contribution in [0, 0.1) is 5.41 Å². The number of benzene rings is 1. The Kier molecular flexibility index (Phi) is 6.15. The van der Waals surface area contributed by atoms with Crippen LogP contribution in [0.2, 0.25) is 0 Å². The van der Waals surface area contributed by atoms with E-state index in [0.29, 0.717) is 19.4 Å². The van der Waals surface area contributed by atoms with Gasteiger partial charge < -0.3 is 15.3 Å². The molecule has 0 atom stereocenters. The highest BCUT2D eigenvalue weighted by molar-refractivity contribution is 5.95. The summed E-state index contributed by atoms with van der Waals surface area (Å²) < 4.78 is 0. The van der Waals surface area contributed by atoms with Gasteiger partial charge in [0, 0.05) is 37.9 Å². The van der Waals surface area contributed by atoms with Gasteiger partial charge in [-0.15, -0.1) is 0 Å². The Hall–Kier alpha value is -2.14. The lowest BCUT2D eigenvalue weighted by Crippen LogP contribution is -2.33. The van der Waals surface area contributed by atoms with Gasteiger partial charge in [0.25, 0.3) is 0 Å². The second-order valence-corrected chi connectivity index (χ2v) is 6.93. The number of amides is 2. The van der Waals surface area contributed by atoms with Gasteiger partial charge in [-0.3, -0.25) is 9.59 Å². The smallest absolute Gasteiger partial charge is 0.244 e. The van der Waals surface area contributed by atoms with Crippen LogP contribution in [0.5, 0.6) is 0 Å². The third-order valence-electron chi connectivity index (χ3n) is 4.24. The van der Waals surface area contributed by atoms with Crippen LogP contribution >= 0.6 is 0 Å². The minimum absolute atomic E-state index is 0.116. The van der Waals surface area contributed by atoms with Gasteiger partial charge in [0.15, 0.2) is 0 Å². The van der Waals surface area contributed by atoms with Crippen molar-refractivity contribution >= 4 is 23.6 Å². The largest absolute Gasteiger partial charge is 0.396 e. The van der Waals surface area contributed by atoms with Gasteiger partial charge in [0.1, 0.15) is 0 Å². The van der Waals surface area contributed by atoms with Gasteiger partial charge in [0.05, 0.1) is 0 Å². The zero-order chi connectivity index (χ0) is 17.6. The Morgan fingerprint density at radius 1 is 1.33 bits per heavy atom. The van der Waals surface area contributed by atoms with Gasteiger partial charge in [-0.05, 0) is 42.0 Å². The van der Waals surface area contributed by atoms with Crippen LogP contribution in [0.3, 0.4) is 0 Å². The fraction of sp³-hybridized carbons (Fsp3) is 0.474. The van der Waals surface area contributed by atoms with Crippen LogP contribution < -0.4 is 10.2 Å². The van der Waals surface area contributed by atoms with Crippen molar-refractivity contribution in [3.8, 4) is 0 Å². The van der Waals surface area contributed by atoms with Crippen molar-refractivity contribution in [1.82, 2.24) is 5.32 Å². The lowest BCUT2D eigenvalue weighted by molar-refractivity contribution is -0.117. The first kappa shape index (κ1) is 18.2. The average Bonchev–Trinajstić information content (AvgIpc) is 2.97. The summed E-state index contributed by atoms with van der Waals surface area (Å²) in [6.45, 7) is 5.43. The molecule has 2 rings (SSSR count). The lowest BCUT2D eigenvalue weighted by atomic mass is 9.90. The van der Waals surface area contributed by atoms with E-state index in [9.17, 15) is 9.59 Å². The Morgan fingerprint density at radius 2 is 2.04 bits per heavy atom. The van der Waals surface area contributed by atoms with Crippen molar-refractivity contribution < 1.29 is 14.7 Å². The maximum atomic E-state index is 11.9. The fourth-order valence-electron chi connectivity index (χ4n) is 2.63. The molecule has 1 aliphatic heterocycles. The molecule has 5 nitrogen and oxygen atoms in total. The first-order valence-electron chi connectivity index (χ1n) is 8.38. The van der Waals surface area contributed by atoms with Crippen molar-refractivity contribution in [2.24, 2.45) is 5.41 Å². The van der Waals surface area contributed by atoms with Gasteiger partial charge in [0.2, 0.25) is 11.8 Å². The predicted molar refractivity (Wildman–Crippen MR) is 95.6 cm³/mol. The van der Waals surface area contributed by atoms with Crippen LogP contribution in [-0.4, -0.2) is 36.6 Å². The first-order valence-corrected chi connectivity index (χ1v) is 8.38. The SMILES string of the molecule is CC(C)(CCO)CNC(=O)/C=C/c1ccc(N2CCCC2=O)cc1. The van der Waals surface area contributed by atoms with Crippen LogP contribution in [-0.2, 0) is 9.59 Å². The van der Waals surface area contributed by atoms with Gasteiger partial charge >= 0.3 is 0 Å². The van der Waals surface area contributed by atoms with Gasteiger partial charge in [-0.2, -0.15) is 0 Å². The first-order chi connectivity index (χ1) is 11.4. The molecule has 0 bridgehead atoms. The molecule has 1 aromatic carbocycles. The van der Waals surface area contributed by atoms with E-state index in [1.165, 1.54) is 6.08 Å². The van der Waals surface area contributed by atoms with E-state index >= 15 is 0 Å². The predicted octanol–water partition coefficient (Wildman–Crippen LogP) is 2.35. The van der Waals surface area contributed by atoms with E-state index in [0.717, 1.165) is 24.2 Å². The maximum Gasteiger partial charge on any atom is 0.244 e. The lowest BCUT2D eigenvalue weighted by Gasteiger charge is -2.23. The van der Waals surface area contributed by atoms with Crippen LogP contribution in [0.15, 0.2) is 30.3 Å². The molecule has 1 heterocycles. The molecule has 5 heteroatoms. The third-order valence-corrected chi connectivity index (χ3v) is 4.24. The number of hydrogen-bond donors (Lipinski definition) is 2. The van der Waals surface area contributed by atoms with Gasteiger partial charge in [-0.25, -0.2) is 0 Å². The van der Waals surface area contributed by atoms with E-state index in [2.05, 4.69) is 5.32 Å². The highest BCUT2D eigenvalue weighted by Crippen LogP contribution is 2.22. The number of carbonyl (C=O) groups excluding carboxylic acids is 2. The van der Waals surface area contributed by atoms with E-state index in [4.69, 9.17) is 5.11 Å². The fourth-order valence-corrected chi connectivity index (χ4v) is 2.63. The van der Waals surface area contributed by atoms with Crippen molar-refractivity contribution in [3.05, 3.63) is 35.9 Å². The topological polar surface area (TPSA) is 69.6 Å². The van der Waals surface area contributed by atoms with Crippen molar-refractivity contribution in [1.29, 1.82) is 0 Å². The Labute approximate surface area is 143 Å². The standard InChI is InChI=1S/C19H26N2O3/c1-19(2,11-13-22)14-20-17(23)10-7-15-5-8-16(9-6-15)21-12-3-4-18(21)24/h5-10,22H,3-4,11-14H2,1-2H3,(H,20,23)/b10-7+. The molecule has 0 spiro atoms. The molecule has 1 aliphatic rings. The quantitative estimate of drug-likeness (QED) is 0.754. The average molecular weight is 330 g/mol. The second-order valence-electron chi connectivity index (χ2n) is 6.93. The molecule has 1 saturated heterocycles. The molecule has 2 amide bonds. The van der Waals surface area contributed by atoms with Crippen LogP contribution in [0.25, 0.3) is 6.08 Å². The maximum absolute atomic E-state index is 11.9. The molecule has 0 aliphatic carbocycles. The number of hydrogen-bond acceptors (Lipinski definition) is 3. The van der Waals surface area contributed by atoms with Crippen molar-refractivity contribution in [2.75, 3.05) is 24.6 Å². The highest BCUT2D eigenvalue weighted by atomic mass is 16.3. The summed E-state index contributed by atoms with van der Waals surface area (Å²) in [4.78, 5) is 25.4. The van der Waals surface area contributed by atoms with Crippen molar-refractivity contribution in [3.63, 3.8) is 0 Å². The highest BCUT2D eigenvalue weighted by Gasteiger charge is 2.21. The van der Waals surface area contributed by atoms with Gasteiger partial charge in [-0.1, -0.05) is 26.0 Å². The molecule has 24 heavy (non-hydrogen) atoms. The molecular weight excluding hydrogens is 304 g/mol. The number of aliphatic hydroxyl groups is 1. The van der Waals surface area contributed by atoms with Crippen LogP contribution in [0.1, 0.15) is 38.7 Å². The van der Waals surface area contributed by atoms with Crippen molar-refractivity contribution in [2.45, 2.75) is 33.1 Å². The minimum Gasteiger partial charge on any atom is -0.396 e. The normalized spacial score (nSPS) is 15.3. The van der Waals surface area contributed by atoms with E-state index in [-0.39, 0.29) is 23.8 Å². The zero-order valence-corrected chi connectivity index (χ0v) is 14.4. The summed E-state index contributed by atoms with van der Waals surface area (Å²) in [5.74, 6) is 0.0166. The zero-order valence-electron chi connectivity index (χ0n) is 14.4. The Bertz CT molecular complexity index is 606. The molecule has 0 unspecified atom stereocenters. The third kappa shape index (κ3) is 5.20.